The molecule has 108 valence electrons. The van der Waals surface area contributed by atoms with E-state index in [9.17, 15) is 4.39 Å². The first-order chi connectivity index (χ1) is 9.08. The minimum absolute atomic E-state index is 0.200. The fourth-order valence-electron chi connectivity index (χ4n) is 2.34. The van der Waals surface area contributed by atoms with Gasteiger partial charge in [0.25, 0.3) is 0 Å². The van der Waals surface area contributed by atoms with Gasteiger partial charge in [0.15, 0.2) is 0 Å². The molecule has 0 spiro atoms. The average Bonchev–Trinajstić information content (AvgIpc) is 2.39. The minimum atomic E-state index is -0.353. The van der Waals surface area contributed by atoms with Crippen molar-refractivity contribution in [3.05, 3.63) is 34.6 Å². The average molecular weight is 286 g/mol. The molecular formula is C16H25ClFN. The van der Waals surface area contributed by atoms with Crippen molar-refractivity contribution < 1.29 is 4.39 Å². The zero-order chi connectivity index (χ0) is 14.3. The Hall–Kier alpha value is -0.600. The lowest BCUT2D eigenvalue weighted by molar-refractivity contribution is 0.396. The van der Waals surface area contributed by atoms with E-state index in [-0.39, 0.29) is 16.9 Å². The standard InChI is InChI=1S/C16H25ClFN/c1-4-6-8-14(7-5-2)19-12(3)13-9-10-16(18)15(17)11-13/h9-12,14,19H,4-8H2,1-3H3. The van der Waals surface area contributed by atoms with Gasteiger partial charge < -0.3 is 5.32 Å². The van der Waals surface area contributed by atoms with E-state index in [0.717, 1.165) is 5.56 Å². The van der Waals surface area contributed by atoms with Crippen molar-refractivity contribution in [2.45, 2.75) is 65.0 Å². The van der Waals surface area contributed by atoms with E-state index in [4.69, 9.17) is 11.6 Å². The zero-order valence-electron chi connectivity index (χ0n) is 12.2. The second-order valence-corrected chi connectivity index (χ2v) is 5.60. The Morgan fingerprint density at radius 2 is 1.95 bits per heavy atom. The molecule has 0 heterocycles. The van der Waals surface area contributed by atoms with Crippen LogP contribution in [0.1, 0.15) is 64.5 Å². The molecule has 0 bridgehead atoms. The maximum atomic E-state index is 13.2. The molecule has 0 aliphatic rings. The fraction of sp³-hybridized carbons (Fsp3) is 0.625. The molecule has 3 heteroatoms. The molecule has 0 aromatic heterocycles. The Bertz CT molecular complexity index is 381. The van der Waals surface area contributed by atoms with Crippen molar-refractivity contribution in [2.24, 2.45) is 0 Å². The molecule has 1 aromatic carbocycles. The third kappa shape index (κ3) is 5.50. The number of unbranched alkanes of at least 4 members (excludes halogenated alkanes) is 1. The van der Waals surface area contributed by atoms with Crippen LogP contribution in [0.2, 0.25) is 5.02 Å². The van der Waals surface area contributed by atoms with Crippen LogP contribution in [0.3, 0.4) is 0 Å². The highest BCUT2D eigenvalue weighted by atomic mass is 35.5. The molecule has 0 fully saturated rings. The highest BCUT2D eigenvalue weighted by Gasteiger charge is 2.13. The van der Waals surface area contributed by atoms with Gasteiger partial charge in [0.1, 0.15) is 5.82 Å². The van der Waals surface area contributed by atoms with Crippen LogP contribution >= 0.6 is 11.6 Å². The normalized spacial score (nSPS) is 14.4. The van der Waals surface area contributed by atoms with E-state index >= 15 is 0 Å². The van der Waals surface area contributed by atoms with Gasteiger partial charge >= 0.3 is 0 Å². The molecular weight excluding hydrogens is 261 g/mol. The van der Waals surface area contributed by atoms with Crippen LogP contribution in [-0.2, 0) is 0 Å². The lowest BCUT2D eigenvalue weighted by Crippen LogP contribution is -2.31. The van der Waals surface area contributed by atoms with E-state index in [1.54, 1.807) is 6.07 Å². The number of nitrogens with one attached hydrogen (secondary N) is 1. The smallest absolute Gasteiger partial charge is 0.141 e. The van der Waals surface area contributed by atoms with E-state index in [0.29, 0.717) is 6.04 Å². The third-order valence-corrected chi connectivity index (χ3v) is 3.76. The topological polar surface area (TPSA) is 12.0 Å². The van der Waals surface area contributed by atoms with Gasteiger partial charge in [-0.05, 0) is 37.5 Å². The highest BCUT2D eigenvalue weighted by molar-refractivity contribution is 6.30. The van der Waals surface area contributed by atoms with Gasteiger partial charge in [-0.1, -0.05) is 50.8 Å². The highest BCUT2D eigenvalue weighted by Crippen LogP contribution is 2.22. The monoisotopic (exact) mass is 285 g/mol. The summed E-state index contributed by atoms with van der Waals surface area (Å²) in [7, 11) is 0. The number of hydrogen-bond donors (Lipinski definition) is 1. The molecule has 0 aliphatic carbocycles. The third-order valence-electron chi connectivity index (χ3n) is 3.47. The molecule has 1 rings (SSSR count). The van der Waals surface area contributed by atoms with E-state index < -0.39 is 0 Å². The number of halogens is 2. The summed E-state index contributed by atoms with van der Waals surface area (Å²) in [6, 6.07) is 5.70. The van der Waals surface area contributed by atoms with Crippen molar-refractivity contribution in [1.29, 1.82) is 0 Å². The van der Waals surface area contributed by atoms with Crippen molar-refractivity contribution in [3.63, 3.8) is 0 Å². The van der Waals surface area contributed by atoms with Gasteiger partial charge in [0, 0.05) is 12.1 Å². The fourth-order valence-corrected chi connectivity index (χ4v) is 2.53. The maximum absolute atomic E-state index is 13.2. The molecule has 0 radical (unpaired) electrons. The molecule has 0 amide bonds. The summed E-state index contributed by atoms with van der Waals surface area (Å²) < 4.78 is 13.2. The predicted molar refractivity (Wildman–Crippen MR) is 81.2 cm³/mol. The van der Waals surface area contributed by atoms with Gasteiger partial charge in [-0.3, -0.25) is 0 Å². The van der Waals surface area contributed by atoms with Crippen molar-refractivity contribution in [2.75, 3.05) is 0 Å². The number of benzene rings is 1. The summed E-state index contributed by atoms with van der Waals surface area (Å²) in [6.45, 7) is 6.53. The van der Waals surface area contributed by atoms with Crippen LogP contribution in [0.5, 0.6) is 0 Å². The van der Waals surface area contributed by atoms with Crippen molar-refractivity contribution in [1.82, 2.24) is 5.32 Å². The summed E-state index contributed by atoms with van der Waals surface area (Å²) in [5.74, 6) is -0.353. The first-order valence-corrected chi connectivity index (χ1v) is 7.67. The lowest BCUT2D eigenvalue weighted by atomic mass is 10.0. The number of hydrogen-bond acceptors (Lipinski definition) is 1. The maximum Gasteiger partial charge on any atom is 0.141 e. The summed E-state index contributed by atoms with van der Waals surface area (Å²) in [5.41, 5.74) is 1.05. The lowest BCUT2D eigenvalue weighted by Gasteiger charge is -2.23. The van der Waals surface area contributed by atoms with Crippen molar-refractivity contribution in [3.8, 4) is 0 Å². The first kappa shape index (κ1) is 16.5. The van der Waals surface area contributed by atoms with Crippen LogP contribution in [0.15, 0.2) is 18.2 Å². The molecule has 0 aliphatic heterocycles. The summed E-state index contributed by atoms with van der Waals surface area (Å²) >= 11 is 5.84. The SMILES string of the molecule is CCCCC(CCC)NC(C)c1ccc(F)c(Cl)c1. The van der Waals surface area contributed by atoms with E-state index in [1.165, 1.54) is 38.2 Å². The van der Waals surface area contributed by atoms with Gasteiger partial charge in [-0.25, -0.2) is 4.39 Å². The minimum Gasteiger partial charge on any atom is -0.307 e. The molecule has 0 saturated heterocycles. The molecule has 1 nitrogen and oxygen atoms in total. The summed E-state index contributed by atoms with van der Waals surface area (Å²) in [6.07, 6.45) is 6.02. The van der Waals surface area contributed by atoms with Crippen LogP contribution < -0.4 is 5.32 Å². The second kappa shape index (κ2) is 8.55. The molecule has 1 N–H and O–H groups in total. The molecule has 19 heavy (non-hydrogen) atoms. The van der Waals surface area contributed by atoms with Gasteiger partial charge in [0.2, 0.25) is 0 Å². The summed E-state index contributed by atoms with van der Waals surface area (Å²) in [5, 5.41) is 3.84. The van der Waals surface area contributed by atoms with Gasteiger partial charge in [0.05, 0.1) is 5.02 Å². The molecule has 0 saturated carbocycles. The Labute approximate surface area is 121 Å². The van der Waals surface area contributed by atoms with E-state index in [1.807, 2.05) is 6.07 Å². The quantitative estimate of drug-likeness (QED) is 0.666. The molecule has 1 aromatic rings. The summed E-state index contributed by atoms with van der Waals surface area (Å²) in [4.78, 5) is 0. The number of rotatable bonds is 8. The van der Waals surface area contributed by atoms with Crippen molar-refractivity contribution >= 4 is 11.6 Å². The van der Waals surface area contributed by atoms with E-state index in [2.05, 4.69) is 26.1 Å². The predicted octanol–water partition coefficient (Wildman–Crippen LogP) is 5.49. The van der Waals surface area contributed by atoms with Crippen LogP contribution in [0, 0.1) is 5.82 Å². The first-order valence-electron chi connectivity index (χ1n) is 7.29. The van der Waals surface area contributed by atoms with Crippen LogP contribution in [0.4, 0.5) is 4.39 Å². The molecule has 2 unspecified atom stereocenters. The molecule has 2 atom stereocenters. The van der Waals surface area contributed by atoms with Gasteiger partial charge in [-0.15, -0.1) is 0 Å². The Morgan fingerprint density at radius 3 is 2.53 bits per heavy atom. The van der Waals surface area contributed by atoms with Crippen LogP contribution in [0.25, 0.3) is 0 Å². The zero-order valence-corrected chi connectivity index (χ0v) is 12.9. The largest absolute Gasteiger partial charge is 0.307 e. The Kier molecular flexibility index (Phi) is 7.40. The Balaban J connectivity index is 2.63. The second-order valence-electron chi connectivity index (χ2n) is 5.19. The Morgan fingerprint density at radius 1 is 1.21 bits per heavy atom. The van der Waals surface area contributed by atoms with Crippen LogP contribution in [-0.4, -0.2) is 6.04 Å². The van der Waals surface area contributed by atoms with Gasteiger partial charge in [-0.2, -0.15) is 0 Å².